The van der Waals surface area contributed by atoms with Gasteiger partial charge in [-0.3, -0.25) is 0 Å². The van der Waals surface area contributed by atoms with E-state index in [1.165, 1.54) is 85.5 Å². The van der Waals surface area contributed by atoms with Crippen molar-refractivity contribution in [1.29, 1.82) is 0 Å². The van der Waals surface area contributed by atoms with Crippen molar-refractivity contribution in [2.24, 2.45) is 0 Å². The molecule has 0 bridgehead atoms. The van der Waals surface area contributed by atoms with E-state index < -0.39 is 14.5 Å². The van der Waals surface area contributed by atoms with E-state index in [9.17, 15) is 0 Å². The first-order chi connectivity index (χ1) is 28.8. The molecule has 0 nitrogen and oxygen atoms in total. The molecule has 0 fully saturated rings. The lowest BCUT2D eigenvalue weighted by Gasteiger charge is -2.30. The topological polar surface area (TPSA) is 0 Å². The van der Waals surface area contributed by atoms with Gasteiger partial charge in [-0.05, 0) is 119 Å². The molecular formula is C56H40P2+2. The maximum atomic E-state index is 2.48. The first kappa shape index (κ1) is 34.8. The fraction of sp³-hybridized carbons (Fsp3) is 0. The summed E-state index contributed by atoms with van der Waals surface area (Å²) in [6.07, 6.45) is 0. The fourth-order valence-electron chi connectivity index (χ4n) is 9.90. The van der Waals surface area contributed by atoms with Gasteiger partial charge in [0.2, 0.25) is 0 Å². The second-order valence-electron chi connectivity index (χ2n) is 15.1. The largest absolute Gasteiger partial charge is 0.144 e. The summed E-state index contributed by atoms with van der Waals surface area (Å²) in [6, 6.07) is 91.5. The minimum Gasteiger partial charge on any atom is -0.0620 e. The van der Waals surface area contributed by atoms with E-state index in [1.807, 2.05) is 0 Å². The molecule has 0 atom stereocenters. The highest BCUT2D eigenvalue weighted by atomic mass is 31.2. The van der Waals surface area contributed by atoms with Gasteiger partial charge in [-0.15, -0.1) is 0 Å². The minimum absolute atomic E-state index is 1.31. The van der Waals surface area contributed by atoms with E-state index in [-0.39, 0.29) is 0 Å². The molecule has 0 radical (unpaired) electrons. The molecule has 2 heteroatoms. The quantitative estimate of drug-likeness (QED) is 0.0819. The lowest BCUT2D eigenvalue weighted by Crippen LogP contribution is -2.39. The third-order valence-electron chi connectivity index (χ3n) is 12.2. The maximum Gasteiger partial charge on any atom is 0.144 e. The first-order valence-electron chi connectivity index (χ1n) is 20.1. The number of fused-ring (bicyclic) bond motifs is 2. The van der Waals surface area contributed by atoms with E-state index in [0.29, 0.717) is 0 Å². The highest BCUT2D eigenvalue weighted by Gasteiger charge is 2.50. The third kappa shape index (κ3) is 5.09. The van der Waals surface area contributed by atoms with Gasteiger partial charge in [0.05, 0.1) is 0 Å². The zero-order chi connectivity index (χ0) is 38.5. The Labute approximate surface area is 341 Å². The summed E-state index contributed by atoms with van der Waals surface area (Å²) < 4.78 is 0. The molecule has 11 aromatic carbocycles. The van der Waals surface area contributed by atoms with E-state index in [0.717, 1.165) is 0 Å². The predicted molar refractivity (Wildman–Crippen MR) is 257 cm³/mol. The Kier molecular flexibility index (Phi) is 8.52. The summed E-state index contributed by atoms with van der Waals surface area (Å²) >= 11 is 0. The lowest BCUT2D eigenvalue weighted by atomic mass is 9.90. The van der Waals surface area contributed by atoms with Gasteiger partial charge in [-0.1, -0.05) is 146 Å². The van der Waals surface area contributed by atoms with Gasteiger partial charge in [-0.2, -0.15) is 0 Å². The highest BCUT2D eigenvalue weighted by molar-refractivity contribution is 8.02. The number of benzene rings is 11. The van der Waals surface area contributed by atoms with Crippen LogP contribution in [-0.2, 0) is 0 Å². The van der Waals surface area contributed by atoms with Crippen molar-refractivity contribution in [3.8, 4) is 0 Å². The normalized spacial score (nSPS) is 12.1. The molecule has 0 N–H and O–H groups in total. The van der Waals surface area contributed by atoms with Crippen LogP contribution in [0.3, 0.4) is 0 Å². The molecule has 0 saturated heterocycles. The van der Waals surface area contributed by atoms with Crippen LogP contribution in [0.4, 0.5) is 0 Å². The molecule has 11 aromatic rings. The molecule has 0 aromatic heterocycles. The summed E-state index contributed by atoms with van der Waals surface area (Å²) in [5.41, 5.74) is 0. The van der Waals surface area contributed by atoms with Crippen LogP contribution in [0.2, 0.25) is 0 Å². The number of hydrogen-bond acceptors (Lipinski definition) is 0. The minimum atomic E-state index is -2.35. The summed E-state index contributed by atoms with van der Waals surface area (Å²) in [4.78, 5) is 0. The van der Waals surface area contributed by atoms with Crippen LogP contribution in [0.15, 0.2) is 243 Å². The van der Waals surface area contributed by atoms with Crippen molar-refractivity contribution in [2.45, 2.75) is 0 Å². The molecule has 0 aliphatic carbocycles. The first-order valence-corrected chi connectivity index (χ1v) is 23.6. The highest BCUT2D eigenvalue weighted by Crippen LogP contribution is 2.58. The predicted octanol–water partition coefficient (Wildman–Crippen LogP) is 11.0. The van der Waals surface area contributed by atoms with Crippen LogP contribution in [0.5, 0.6) is 0 Å². The molecular weight excluding hydrogens is 735 g/mol. The zero-order valence-electron chi connectivity index (χ0n) is 32.0. The Hall–Kier alpha value is -6.42. The van der Waals surface area contributed by atoms with E-state index in [2.05, 4.69) is 243 Å². The van der Waals surface area contributed by atoms with Gasteiger partial charge >= 0.3 is 0 Å². The summed E-state index contributed by atoms with van der Waals surface area (Å²) in [6.45, 7) is 0. The Morgan fingerprint density at radius 1 is 0.172 bits per heavy atom. The van der Waals surface area contributed by atoms with Crippen LogP contribution < -0.4 is 42.4 Å². The molecule has 0 aliphatic rings. The van der Waals surface area contributed by atoms with Gasteiger partial charge in [0.1, 0.15) is 57.0 Å². The van der Waals surface area contributed by atoms with Crippen molar-refractivity contribution in [3.05, 3.63) is 243 Å². The second-order valence-corrected chi connectivity index (χ2v) is 21.8. The van der Waals surface area contributed by atoms with Crippen LogP contribution in [0.1, 0.15) is 0 Å². The molecule has 11 rings (SSSR count). The molecule has 0 amide bonds. The van der Waals surface area contributed by atoms with Crippen molar-refractivity contribution in [2.75, 3.05) is 0 Å². The zero-order valence-corrected chi connectivity index (χ0v) is 33.8. The van der Waals surface area contributed by atoms with Gasteiger partial charge in [0, 0.05) is 21.5 Å². The molecule has 272 valence electrons. The molecule has 0 aliphatic heterocycles. The molecule has 0 unspecified atom stereocenters. The van der Waals surface area contributed by atoms with Crippen LogP contribution in [-0.4, -0.2) is 0 Å². The average molecular weight is 775 g/mol. The van der Waals surface area contributed by atoms with Gasteiger partial charge in [0.15, 0.2) is 0 Å². The van der Waals surface area contributed by atoms with E-state index in [4.69, 9.17) is 0 Å². The van der Waals surface area contributed by atoms with Crippen molar-refractivity contribution < 1.29 is 0 Å². The molecule has 0 heterocycles. The smallest absolute Gasteiger partial charge is 0.0620 e. The van der Waals surface area contributed by atoms with Crippen molar-refractivity contribution >= 4 is 100 Å². The van der Waals surface area contributed by atoms with Crippen LogP contribution in [0.25, 0.3) is 43.1 Å². The maximum absolute atomic E-state index is 2.48. The summed E-state index contributed by atoms with van der Waals surface area (Å²) in [5.74, 6) is 0. The van der Waals surface area contributed by atoms with Crippen LogP contribution in [0, 0.1) is 0 Å². The Morgan fingerprint density at radius 2 is 0.397 bits per heavy atom. The SMILES string of the molecule is c1ccc([P+](c2ccccc2)(c2ccccc2)c2ccc3c4ccc([P+](c5ccccc5)(c5ccccc5)c5ccccc5)c5cccc(c6cccc2c63)c54)cc1. The molecule has 0 saturated carbocycles. The Morgan fingerprint density at radius 3 is 0.655 bits per heavy atom. The van der Waals surface area contributed by atoms with Gasteiger partial charge in [-0.25, -0.2) is 0 Å². The third-order valence-corrected chi connectivity index (χ3v) is 20.9. The summed E-state index contributed by atoms with van der Waals surface area (Å²) in [7, 11) is -4.69. The fourth-order valence-corrected chi connectivity index (χ4v) is 18.8. The Bertz CT molecular complexity index is 2750. The van der Waals surface area contributed by atoms with Gasteiger partial charge in [0.25, 0.3) is 0 Å². The summed E-state index contributed by atoms with van der Waals surface area (Å²) in [5, 5.41) is 21.5. The number of hydrogen-bond donors (Lipinski definition) is 0. The lowest BCUT2D eigenvalue weighted by molar-refractivity contribution is 1.72. The molecule has 58 heavy (non-hydrogen) atoms. The van der Waals surface area contributed by atoms with E-state index >= 15 is 0 Å². The Balaban J connectivity index is 1.27. The average Bonchev–Trinajstić information content (AvgIpc) is 3.31. The second kappa shape index (κ2) is 14.2. The van der Waals surface area contributed by atoms with Crippen molar-refractivity contribution in [1.82, 2.24) is 0 Å². The van der Waals surface area contributed by atoms with Gasteiger partial charge < -0.3 is 0 Å². The van der Waals surface area contributed by atoms with Crippen LogP contribution >= 0.6 is 14.5 Å². The monoisotopic (exact) mass is 774 g/mol. The van der Waals surface area contributed by atoms with E-state index in [1.54, 1.807) is 0 Å². The van der Waals surface area contributed by atoms with Crippen molar-refractivity contribution in [3.63, 3.8) is 0 Å². The molecule has 0 spiro atoms. The standard InChI is InChI=1S/C56H40P2/c1-7-21-41(22-8-1)57(42-23-9-2-10-24-42,43-25-11-3-12-26-43)53-39-37-49-50-38-40-54(52-36-20-34-48(56(50)52)47-33-19-35-51(53)55(47)49)58(44-27-13-4-14-28-44,45-29-15-5-16-30-45)46-31-17-6-18-32-46/h1-40H/q+2. The number of rotatable bonds is 8.